The van der Waals surface area contributed by atoms with Gasteiger partial charge in [0.15, 0.2) is 11.6 Å². The number of rotatable bonds is 4. The van der Waals surface area contributed by atoms with Gasteiger partial charge in [-0.15, -0.1) is 11.3 Å². The van der Waals surface area contributed by atoms with E-state index in [0.29, 0.717) is 17.3 Å². The van der Waals surface area contributed by atoms with Crippen molar-refractivity contribution >= 4 is 27.2 Å². The lowest BCUT2D eigenvalue weighted by atomic mass is 10.2. The summed E-state index contributed by atoms with van der Waals surface area (Å²) in [4.78, 5) is 9.58. The minimum Gasteiger partial charge on any atom is -0.481 e. The van der Waals surface area contributed by atoms with Crippen molar-refractivity contribution in [3.63, 3.8) is 0 Å². The summed E-state index contributed by atoms with van der Waals surface area (Å²) in [5.74, 6) is 0.700. The molecule has 4 rings (SSSR count). The van der Waals surface area contributed by atoms with Crippen molar-refractivity contribution in [2.45, 2.75) is 0 Å². The second-order valence-corrected chi connectivity index (χ2v) is 6.57. The number of methoxy groups -OCH3 is 1. The average Bonchev–Trinajstić information content (AvgIpc) is 3.09. The van der Waals surface area contributed by atoms with Crippen LogP contribution in [0.25, 0.3) is 20.7 Å². The molecule has 0 aliphatic carbocycles. The Labute approximate surface area is 152 Å². The van der Waals surface area contributed by atoms with E-state index in [1.54, 1.807) is 37.7 Å². The summed E-state index contributed by atoms with van der Waals surface area (Å²) in [7, 11) is 1.57. The first-order valence-corrected chi connectivity index (χ1v) is 8.57. The van der Waals surface area contributed by atoms with Crippen LogP contribution in [0.5, 0.6) is 17.4 Å². The standard InChI is InChI=1S/C19H14FN3O2S/c1-24-18-5-2-11(10-23-18)17-9-14-19(26-17)16(6-7-22-14)25-15-4-3-12(21)8-13(15)20/h2-10H,21H2,1H3. The predicted octanol–water partition coefficient (Wildman–Crippen LogP) is 4.88. The first-order valence-electron chi connectivity index (χ1n) is 7.76. The number of anilines is 1. The van der Waals surface area contributed by atoms with Gasteiger partial charge >= 0.3 is 0 Å². The van der Waals surface area contributed by atoms with Gasteiger partial charge in [-0.1, -0.05) is 0 Å². The normalized spacial score (nSPS) is 10.8. The molecule has 130 valence electrons. The molecule has 0 unspecified atom stereocenters. The highest BCUT2D eigenvalue weighted by molar-refractivity contribution is 7.22. The number of ether oxygens (including phenoxy) is 2. The van der Waals surface area contributed by atoms with Gasteiger partial charge in [-0.05, 0) is 24.3 Å². The molecule has 0 aliphatic rings. The Bertz CT molecular complexity index is 1080. The SMILES string of the molecule is COc1ccc(-c2cc3nccc(Oc4ccc(N)cc4F)c3s2)cn1. The largest absolute Gasteiger partial charge is 0.481 e. The predicted molar refractivity (Wildman–Crippen MR) is 100 cm³/mol. The van der Waals surface area contributed by atoms with Crippen molar-refractivity contribution in [3.8, 4) is 27.8 Å². The number of aromatic nitrogens is 2. The zero-order chi connectivity index (χ0) is 18.1. The molecule has 0 aliphatic heterocycles. The van der Waals surface area contributed by atoms with Crippen LogP contribution in [0, 0.1) is 5.82 Å². The Morgan fingerprint density at radius 2 is 1.92 bits per heavy atom. The molecule has 2 N–H and O–H groups in total. The van der Waals surface area contributed by atoms with E-state index in [1.165, 1.54) is 23.5 Å². The van der Waals surface area contributed by atoms with E-state index in [4.69, 9.17) is 15.2 Å². The third kappa shape index (κ3) is 3.04. The van der Waals surface area contributed by atoms with E-state index in [1.807, 2.05) is 12.1 Å². The number of halogens is 1. The van der Waals surface area contributed by atoms with Crippen molar-refractivity contribution in [1.29, 1.82) is 0 Å². The monoisotopic (exact) mass is 367 g/mol. The summed E-state index contributed by atoms with van der Waals surface area (Å²) in [5, 5.41) is 0. The number of fused-ring (bicyclic) bond motifs is 1. The number of nitrogens with two attached hydrogens (primary N) is 1. The number of pyridine rings is 2. The van der Waals surface area contributed by atoms with E-state index in [0.717, 1.165) is 20.7 Å². The van der Waals surface area contributed by atoms with E-state index in [-0.39, 0.29) is 5.75 Å². The second-order valence-electron chi connectivity index (χ2n) is 5.52. The van der Waals surface area contributed by atoms with Gasteiger partial charge in [0.25, 0.3) is 0 Å². The minimum atomic E-state index is -0.508. The molecule has 5 nitrogen and oxygen atoms in total. The maximum atomic E-state index is 14.0. The molecule has 0 atom stereocenters. The van der Waals surface area contributed by atoms with Gasteiger partial charge in [0.1, 0.15) is 5.75 Å². The lowest BCUT2D eigenvalue weighted by molar-refractivity contribution is 0.398. The van der Waals surface area contributed by atoms with Gasteiger partial charge in [0.05, 0.1) is 17.3 Å². The Hall–Kier alpha value is -3.19. The van der Waals surface area contributed by atoms with Gasteiger partial charge < -0.3 is 15.2 Å². The second kappa shape index (κ2) is 6.61. The molecule has 0 fully saturated rings. The number of hydrogen-bond acceptors (Lipinski definition) is 6. The Morgan fingerprint density at radius 3 is 2.65 bits per heavy atom. The average molecular weight is 367 g/mol. The van der Waals surface area contributed by atoms with Crippen LogP contribution in [0.1, 0.15) is 0 Å². The fraction of sp³-hybridized carbons (Fsp3) is 0.0526. The minimum absolute atomic E-state index is 0.118. The Kier molecular flexibility index (Phi) is 4.14. The van der Waals surface area contributed by atoms with Crippen molar-refractivity contribution in [1.82, 2.24) is 9.97 Å². The molecule has 0 saturated carbocycles. The fourth-order valence-electron chi connectivity index (χ4n) is 2.50. The quantitative estimate of drug-likeness (QED) is 0.521. The Morgan fingerprint density at radius 1 is 1.04 bits per heavy atom. The first-order chi connectivity index (χ1) is 12.6. The van der Waals surface area contributed by atoms with Crippen LogP contribution < -0.4 is 15.2 Å². The van der Waals surface area contributed by atoms with Crippen molar-refractivity contribution < 1.29 is 13.9 Å². The third-order valence-electron chi connectivity index (χ3n) is 3.78. The highest BCUT2D eigenvalue weighted by Crippen LogP contribution is 2.39. The van der Waals surface area contributed by atoms with Gasteiger partial charge in [0.2, 0.25) is 5.88 Å². The van der Waals surface area contributed by atoms with E-state index >= 15 is 0 Å². The van der Waals surface area contributed by atoms with Crippen molar-refractivity contribution in [3.05, 3.63) is 60.7 Å². The molecule has 0 spiro atoms. The summed E-state index contributed by atoms with van der Waals surface area (Å²) in [6.07, 6.45) is 3.37. The van der Waals surface area contributed by atoms with Crippen LogP contribution in [-0.4, -0.2) is 17.1 Å². The molecule has 0 amide bonds. The van der Waals surface area contributed by atoms with E-state index < -0.39 is 5.82 Å². The summed E-state index contributed by atoms with van der Waals surface area (Å²) in [5.41, 5.74) is 7.64. The van der Waals surface area contributed by atoms with Crippen LogP contribution in [0.4, 0.5) is 10.1 Å². The van der Waals surface area contributed by atoms with Crippen LogP contribution in [0.3, 0.4) is 0 Å². The molecule has 4 aromatic rings. The molecule has 3 aromatic heterocycles. The fourth-order valence-corrected chi connectivity index (χ4v) is 3.56. The third-order valence-corrected chi connectivity index (χ3v) is 4.97. The molecule has 26 heavy (non-hydrogen) atoms. The van der Waals surface area contributed by atoms with Crippen LogP contribution in [-0.2, 0) is 0 Å². The summed E-state index contributed by atoms with van der Waals surface area (Å²) < 4.78 is 25.7. The van der Waals surface area contributed by atoms with E-state index in [9.17, 15) is 4.39 Å². The first kappa shape index (κ1) is 16.3. The van der Waals surface area contributed by atoms with Crippen molar-refractivity contribution in [2.24, 2.45) is 0 Å². The molecule has 0 radical (unpaired) electrons. The Balaban J connectivity index is 1.73. The molecular formula is C19H14FN3O2S. The van der Waals surface area contributed by atoms with Gasteiger partial charge in [-0.25, -0.2) is 9.37 Å². The highest BCUT2D eigenvalue weighted by atomic mass is 32.1. The van der Waals surface area contributed by atoms with Gasteiger partial charge in [0, 0.05) is 46.7 Å². The lowest BCUT2D eigenvalue weighted by Crippen LogP contribution is -1.91. The van der Waals surface area contributed by atoms with E-state index in [2.05, 4.69) is 9.97 Å². The zero-order valence-electron chi connectivity index (χ0n) is 13.8. The van der Waals surface area contributed by atoms with Crippen LogP contribution in [0.15, 0.2) is 54.9 Å². The molecular weight excluding hydrogens is 353 g/mol. The van der Waals surface area contributed by atoms with Crippen molar-refractivity contribution in [2.75, 3.05) is 12.8 Å². The summed E-state index contributed by atoms with van der Waals surface area (Å²) in [6.45, 7) is 0. The zero-order valence-corrected chi connectivity index (χ0v) is 14.6. The maximum Gasteiger partial charge on any atom is 0.212 e. The topological polar surface area (TPSA) is 70.3 Å². The number of benzene rings is 1. The number of hydrogen-bond donors (Lipinski definition) is 1. The summed E-state index contributed by atoms with van der Waals surface area (Å²) >= 11 is 1.50. The van der Waals surface area contributed by atoms with Gasteiger partial charge in [-0.3, -0.25) is 4.98 Å². The highest BCUT2D eigenvalue weighted by Gasteiger charge is 2.13. The lowest BCUT2D eigenvalue weighted by Gasteiger charge is -2.07. The molecule has 0 saturated heterocycles. The van der Waals surface area contributed by atoms with Crippen LogP contribution in [0.2, 0.25) is 0 Å². The molecule has 1 aromatic carbocycles. The number of nitrogens with zero attached hydrogens (tertiary/aromatic N) is 2. The summed E-state index contributed by atoms with van der Waals surface area (Å²) in [6, 6.07) is 11.7. The van der Waals surface area contributed by atoms with Crippen LogP contribution >= 0.6 is 11.3 Å². The molecule has 3 heterocycles. The number of thiophene rings is 1. The maximum absolute atomic E-state index is 14.0. The molecule has 0 bridgehead atoms. The number of nitrogen functional groups attached to an aromatic ring is 1. The smallest absolute Gasteiger partial charge is 0.212 e. The van der Waals surface area contributed by atoms with Gasteiger partial charge in [-0.2, -0.15) is 0 Å². The molecule has 7 heteroatoms.